The van der Waals surface area contributed by atoms with Gasteiger partial charge in [-0.15, -0.1) is 0 Å². The Hall–Kier alpha value is -1.68. The molecule has 1 aromatic carbocycles. The number of carbonyl (C=O) groups excluding carboxylic acids is 2. The first-order valence-electron chi connectivity index (χ1n) is 5.23. The number of rotatable bonds is 2. The molecule has 1 amide bonds. The minimum absolute atomic E-state index is 0.0210. The Balaban J connectivity index is 2.34. The van der Waals surface area contributed by atoms with Gasteiger partial charge in [0, 0.05) is 12.2 Å². The van der Waals surface area contributed by atoms with Gasteiger partial charge < -0.3 is 10.6 Å². The van der Waals surface area contributed by atoms with Crippen molar-refractivity contribution in [3.05, 3.63) is 29.3 Å². The summed E-state index contributed by atoms with van der Waals surface area (Å²) in [6.07, 6.45) is 0.0259. The van der Waals surface area contributed by atoms with Crippen molar-refractivity contribution >= 4 is 17.4 Å². The molecule has 0 spiro atoms. The molecule has 1 aliphatic rings. The number of hydrogen-bond donors (Lipinski definition) is 1. The Labute approximate surface area is 94.0 Å². The van der Waals surface area contributed by atoms with E-state index in [0.29, 0.717) is 6.54 Å². The van der Waals surface area contributed by atoms with E-state index >= 15 is 0 Å². The highest BCUT2D eigenvalue weighted by Gasteiger charge is 2.29. The lowest BCUT2D eigenvalue weighted by Crippen LogP contribution is -2.25. The zero-order valence-electron chi connectivity index (χ0n) is 9.19. The summed E-state index contributed by atoms with van der Waals surface area (Å²) in [5.74, 6) is -0.138. The molecule has 4 heteroatoms. The second kappa shape index (κ2) is 4.06. The third kappa shape index (κ3) is 1.84. The SMILES string of the molecule is Cc1cc(CN)ccc1N1CC(=O)CC1=O. The average molecular weight is 218 g/mol. The van der Waals surface area contributed by atoms with Crippen molar-refractivity contribution in [3.63, 3.8) is 0 Å². The van der Waals surface area contributed by atoms with Gasteiger partial charge in [0.1, 0.15) is 0 Å². The number of nitrogens with two attached hydrogens (primary N) is 1. The summed E-state index contributed by atoms with van der Waals surface area (Å²) in [7, 11) is 0. The molecule has 0 radical (unpaired) electrons. The van der Waals surface area contributed by atoms with Crippen molar-refractivity contribution in [1.82, 2.24) is 0 Å². The molecule has 1 aliphatic heterocycles. The molecule has 1 heterocycles. The number of amides is 1. The Morgan fingerprint density at radius 2 is 2.12 bits per heavy atom. The molecule has 4 nitrogen and oxygen atoms in total. The van der Waals surface area contributed by atoms with E-state index in [2.05, 4.69) is 0 Å². The normalized spacial score (nSPS) is 16.0. The quantitative estimate of drug-likeness (QED) is 0.745. The minimum atomic E-state index is -0.117. The van der Waals surface area contributed by atoms with Crippen LogP contribution in [0.1, 0.15) is 17.5 Å². The van der Waals surface area contributed by atoms with Crippen LogP contribution in [0.2, 0.25) is 0 Å². The number of benzene rings is 1. The van der Waals surface area contributed by atoms with Gasteiger partial charge in [0.2, 0.25) is 5.91 Å². The van der Waals surface area contributed by atoms with Gasteiger partial charge in [0.15, 0.2) is 5.78 Å². The molecule has 0 aromatic heterocycles. The van der Waals surface area contributed by atoms with Crippen LogP contribution < -0.4 is 10.6 Å². The predicted octanol–water partition coefficient (Wildman–Crippen LogP) is 0.760. The predicted molar refractivity (Wildman–Crippen MR) is 61.0 cm³/mol. The van der Waals surface area contributed by atoms with Crippen molar-refractivity contribution in [2.24, 2.45) is 5.73 Å². The first-order chi connectivity index (χ1) is 7.61. The lowest BCUT2D eigenvalue weighted by atomic mass is 10.1. The molecule has 0 unspecified atom stereocenters. The maximum Gasteiger partial charge on any atom is 0.234 e. The molecule has 0 saturated carbocycles. The molecule has 16 heavy (non-hydrogen) atoms. The van der Waals surface area contributed by atoms with E-state index in [0.717, 1.165) is 16.8 Å². The molecule has 1 saturated heterocycles. The molecule has 1 aromatic rings. The molecule has 0 atom stereocenters. The van der Waals surface area contributed by atoms with Gasteiger partial charge >= 0.3 is 0 Å². The summed E-state index contributed by atoms with van der Waals surface area (Å²) in [5, 5.41) is 0. The van der Waals surface area contributed by atoms with E-state index < -0.39 is 0 Å². The van der Waals surface area contributed by atoms with Crippen molar-refractivity contribution in [2.45, 2.75) is 19.9 Å². The number of ketones is 1. The highest BCUT2D eigenvalue weighted by atomic mass is 16.2. The first kappa shape index (κ1) is 10.8. The molecule has 0 aliphatic carbocycles. The van der Waals surface area contributed by atoms with Crippen LogP contribution >= 0.6 is 0 Å². The monoisotopic (exact) mass is 218 g/mol. The van der Waals surface area contributed by atoms with Gasteiger partial charge in [-0.25, -0.2) is 0 Å². The van der Waals surface area contributed by atoms with Gasteiger partial charge in [-0.05, 0) is 24.1 Å². The zero-order chi connectivity index (χ0) is 11.7. The van der Waals surface area contributed by atoms with E-state index in [-0.39, 0.29) is 24.7 Å². The second-order valence-electron chi connectivity index (χ2n) is 4.02. The number of aryl methyl sites for hydroxylation is 1. The molecular weight excluding hydrogens is 204 g/mol. The van der Waals surface area contributed by atoms with Gasteiger partial charge in [0.25, 0.3) is 0 Å². The van der Waals surface area contributed by atoms with Crippen molar-refractivity contribution in [2.75, 3.05) is 11.4 Å². The fourth-order valence-corrected chi connectivity index (χ4v) is 1.95. The Morgan fingerprint density at radius 1 is 1.38 bits per heavy atom. The van der Waals surface area contributed by atoms with Crippen LogP contribution in [-0.4, -0.2) is 18.2 Å². The summed E-state index contributed by atoms with van der Waals surface area (Å²) in [5.41, 5.74) is 8.35. The summed E-state index contributed by atoms with van der Waals surface area (Å²) < 4.78 is 0. The number of Topliss-reactive ketones (excluding diaryl/α,β-unsaturated/α-hetero) is 1. The summed E-state index contributed by atoms with van der Waals surface area (Å²) in [6.45, 7) is 2.60. The van der Waals surface area contributed by atoms with Gasteiger partial charge in [-0.1, -0.05) is 12.1 Å². The van der Waals surface area contributed by atoms with Crippen LogP contribution in [0, 0.1) is 6.92 Å². The minimum Gasteiger partial charge on any atom is -0.326 e. The standard InChI is InChI=1S/C12H14N2O2/c1-8-4-9(6-13)2-3-11(8)14-7-10(15)5-12(14)16/h2-4H,5-7,13H2,1H3. The lowest BCUT2D eigenvalue weighted by molar-refractivity contribution is -0.121. The number of hydrogen-bond acceptors (Lipinski definition) is 3. The van der Waals surface area contributed by atoms with Crippen LogP contribution in [0.15, 0.2) is 18.2 Å². The maximum absolute atomic E-state index is 11.6. The third-order valence-corrected chi connectivity index (χ3v) is 2.77. The maximum atomic E-state index is 11.6. The van der Waals surface area contributed by atoms with Crippen LogP contribution in [0.25, 0.3) is 0 Å². The van der Waals surface area contributed by atoms with Crippen LogP contribution in [0.5, 0.6) is 0 Å². The number of carbonyl (C=O) groups is 2. The fraction of sp³-hybridized carbons (Fsp3) is 0.333. The number of nitrogens with zero attached hydrogens (tertiary/aromatic N) is 1. The van der Waals surface area contributed by atoms with Crippen molar-refractivity contribution in [3.8, 4) is 0 Å². The highest BCUT2D eigenvalue weighted by molar-refractivity contribution is 6.15. The average Bonchev–Trinajstić information content (AvgIpc) is 2.57. The molecule has 0 bridgehead atoms. The van der Waals surface area contributed by atoms with Crippen LogP contribution in [0.3, 0.4) is 0 Å². The van der Waals surface area contributed by atoms with E-state index in [1.165, 1.54) is 4.90 Å². The summed E-state index contributed by atoms with van der Waals surface area (Å²) >= 11 is 0. The first-order valence-corrected chi connectivity index (χ1v) is 5.23. The van der Waals surface area contributed by atoms with Crippen molar-refractivity contribution < 1.29 is 9.59 Å². The van der Waals surface area contributed by atoms with E-state index in [1.807, 2.05) is 25.1 Å². The van der Waals surface area contributed by atoms with Gasteiger partial charge in [-0.3, -0.25) is 9.59 Å². The lowest BCUT2D eigenvalue weighted by Gasteiger charge is -2.17. The van der Waals surface area contributed by atoms with E-state index in [1.54, 1.807) is 0 Å². The zero-order valence-corrected chi connectivity index (χ0v) is 9.19. The molecule has 2 rings (SSSR count). The Kier molecular flexibility index (Phi) is 2.75. The molecule has 1 fully saturated rings. The van der Waals surface area contributed by atoms with Gasteiger partial charge in [-0.2, -0.15) is 0 Å². The number of anilines is 1. The second-order valence-corrected chi connectivity index (χ2v) is 4.02. The van der Waals surface area contributed by atoms with Crippen molar-refractivity contribution in [1.29, 1.82) is 0 Å². The molecule has 84 valence electrons. The van der Waals surface area contributed by atoms with E-state index in [4.69, 9.17) is 5.73 Å². The van der Waals surface area contributed by atoms with Crippen LogP contribution in [0.4, 0.5) is 5.69 Å². The molecular formula is C12H14N2O2. The van der Waals surface area contributed by atoms with Gasteiger partial charge in [0.05, 0.1) is 13.0 Å². The van der Waals surface area contributed by atoms with E-state index in [9.17, 15) is 9.59 Å². The third-order valence-electron chi connectivity index (χ3n) is 2.77. The Morgan fingerprint density at radius 3 is 2.62 bits per heavy atom. The summed E-state index contributed by atoms with van der Waals surface area (Å²) in [6, 6.07) is 5.69. The largest absolute Gasteiger partial charge is 0.326 e. The summed E-state index contributed by atoms with van der Waals surface area (Å²) in [4.78, 5) is 24.3. The Bertz CT molecular complexity index is 454. The fourth-order valence-electron chi connectivity index (χ4n) is 1.95. The molecule has 2 N–H and O–H groups in total. The topological polar surface area (TPSA) is 63.4 Å². The smallest absolute Gasteiger partial charge is 0.234 e. The highest BCUT2D eigenvalue weighted by Crippen LogP contribution is 2.24. The van der Waals surface area contributed by atoms with Crippen LogP contribution in [-0.2, 0) is 16.1 Å².